The van der Waals surface area contributed by atoms with E-state index >= 15 is 0 Å². The van der Waals surface area contributed by atoms with Crippen LogP contribution in [-0.4, -0.2) is 21.5 Å². The quantitative estimate of drug-likeness (QED) is 0.772. The number of hydrogen-bond donors (Lipinski definition) is 1. The molecule has 2 rings (SSSR count). The highest BCUT2D eigenvalue weighted by Crippen LogP contribution is 2.10. The Hall–Kier alpha value is -1.68. The highest BCUT2D eigenvalue weighted by Gasteiger charge is 2.02. The number of hydrogen-bond acceptors (Lipinski definition) is 3. The smallest absolute Gasteiger partial charge is 0.0692 e. The van der Waals surface area contributed by atoms with Crippen LogP contribution in [-0.2, 0) is 6.54 Å². The van der Waals surface area contributed by atoms with Gasteiger partial charge in [-0.1, -0.05) is 35.5 Å². The number of aromatic nitrogens is 3. The Bertz CT molecular complexity index is 410. The van der Waals surface area contributed by atoms with Crippen LogP contribution in [0.3, 0.4) is 0 Å². The molecule has 0 aliphatic heterocycles. The lowest BCUT2D eigenvalue weighted by Crippen LogP contribution is -2.21. The maximum absolute atomic E-state index is 3.93. The van der Waals surface area contributed by atoms with Gasteiger partial charge in [-0.2, -0.15) is 0 Å². The molecule has 0 radical (unpaired) electrons. The summed E-state index contributed by atoms with van der Waals surface area (Å²) in [4.78, 5) is 0. The standard InChI is InChI=1S/C13H18N4/c1-12(13-6-3-2-4-7-13)14-8-5-10-17-11-9-15-16-17/h2-4,6-7,9,11-12,14H,5,8,10H2,1H3. The van der Waals surface area contributed by atoms with E-state index in [-0.39, 0.29) is 0 Å². The molecule has 4 heteroatoms. The van der Waals surface area contributed by atoms with E-state index in [1.54, 1.807) is 6.20 Å². The van der Waals surface area contributed by atoms with Crippen LogP contribution in [0.2, 0.25) is 0 Å². The molecular weight excluding hydrogens is 212 g/mol. The monoisotopic (exact) mass is 230 g/mol. The maximum atomic E-state index is 3.93. The van der Waals surface area contributed by atoms with Gasteiger partial charge in [-0.25, -0.2) is 0 Å². The van der Waals surface area contributed by atoms with E-state index in [1.165, 1.54) is 5.56 Å². The summed E-state index contributed by atoms with van der Waals surface area (Å²) in [6, 6.07) is 10.9. The van der Waals surface area contributed by atoms with Crippen molar-refractivity contribution in [3.05, 3.63) is 48.3 Å². The number of nitrogens with zero attached hydrogens (tertiary/aromatic N) is 3. The minimum Gasteiger partial charge on any atom is -0.310 e. The molecule has 1 atom stereocenters. The molecule has 1 aromatic carbocycles. The molecule has 0 fully saturated rings. The van der Waals surface area contributed by atoms with Crippen molar-refractivity contribution in [1.82, 2.24) is 20.3 Å². The second-order valence-corrected chi connectivity index (χ2v) is 4.11. The van der Waals surface area contributed by atoms with Gasteiger partial charge >= 0.3 is 0 Å². The van der Waals surface area contributed by atoms with Crippen molar-refractivity contribution >= 4 is 0 Å². The van der Waals surface area contributed by atoms with Crippen LogP contribution in [0.5, 0.6) is 0 Å². The molecular formula is C13H18N4. The zero-order valence-corrected chi connectivity index (χ0v) is 10.1. The van der Waals surface area contributed by atoms with E-state index < -0.39 is 0 Å². The van der Waals surface area contributed by atoms with Gasteiger partial charge in [-0.05, 0) is 25.5 Å². The molecule has 0 amide bonds. The Morgan fingerprint density at radius 3 is 2.82 bits per heavy atom. The first kappa shape index (κ1) is 11.8. The van der Waals surface area contributed by atoms with Crippen molar-refractivity contribution < 1.29 is 0 Å². The lowest BCUT2D eigenvalue weighted by atomic mass is 10.1. The van der Waals surface area contributed by atoms with E-state index in [9.17, 15) is 0 Å². The van der Waals surface area contributed by atoms with Crippen LogP contribution in [0.15, 0.2) is 42.7 Å². The summed E-state index contributed by atoms with van der Waals surface area (Å²) in [7, 11) is 0. The van der Waals surface area contributed by atoms with Gasteiger partial charge in [-0.15, -0.1) is 5.10 Å². The van der Waals surface area contributed by atoms with E-state index in [0.29, 0.717) is 6.04 Å². The van der Waals surface area contributed by atoms with E-state index in [0.717, 1.165) is 19.5 Å². The number of rotatable bonds is 6. The Balaban J connectivity index is 1.68. The average Bonchev–Trinajstić information content (AvgIpc) is 2.88. The molecule has 0 spiro atoms. The number of benzene rings is 1. The first-order valence-electron chi connectivity index (χ1n) is 5.98. The third kappa shape index (κ3) is 3.67. The molecule has 0 saturated heterocycles. The zero-order chi connectivity index (χ0) is 11.9. The van der Waals surface area contributed by atoms with Gasteiger partial charge < -0.3 is 5.32 Å². The molecule has 2 aromatic rings. The fraction of sp³-hybridized carbons (Fsp3) is 0.385. The van der Waals surface area contributed by atoms with Crippen molar-refractivity contribution in [2.75, 3.05) is 6.54 Å². The SMILES string of the molecule is CC(NCCCn1ccnn1)c1ccccc1. The van der Waals surface area contributed by atoms with Crippen LogP contribution in [0.4, 0.5) is 0 Å². The molecule has 1 N–H and O–H groups in total. The predicted octanol–water partition coefficient (Wildman–Crippen LogP) is 2.02. The molecule has 4 nitrogen and oxygen atoms in total. The summed E-state index contributed by atoms with van der Waals surface area (Å²) in [5.74, 6) is 0. The maximum Gasteiger partial charge on any atom is 0.0692 e. The van der Waals surface area contributed by atoms with Crippen LogP contribution >= 0.6 is 0 Å². The van der Waals surface area contributed by atoms with Crippen LogP contribution in [0.1, 0.15) is 24.9 Å². The predicted molar refractivity (Wildman–Crippen MR) is 67.5 cm³/mol. The van der Waals surface area contributed by atoms with Crippen molar-refractivity contribution in [2.45, 2.75) is 25.9 Å². The third-order valence-corrected chi connectivity index (χ3v) is 2.79. The molecule has 0 aliphatic rings. The van der Waals surface area contributed by atoms with Gasteiger partial charge in [0, 0.05) is 18.8 Å². The van der Waals surface area contributed by atoms with Crippen molar-refractivity contribution in [3.8, 4) is 0 Å². The second-order valence-electron chi connectivity index (χ2n) is 4.11. The van der Waals surface area contributed by atoms with E-state index in [4.69, 9.17) is 0 Å². The molecule has 17 heavy (non-hydrogen) atoms. The lowest BCUT2D eigenvalue weighted by Gasteiger charge is -2.13. The summed E-state index contributed by atoms with van der Waals surface area (Å²) >= 11 is 0. The van der Waals surface area contributed by atoms with Gasteiger partial charge in [-0.3, -0.25) is 4.68 Å². The summed E-state index contributed by atoms with van der Waals surface area (Å²) in [5.41, 5.74) is 1.33. The first-order valence-corrected chi connectivity index (χ1v) is 5.98. The second kappa shape index (κ2) is 6.15. The minimum absolute atomic E-state index is 0.395. The topological polar surface area (TPSA) is 42.7 Å². The third-order valence-electron chi connectivity index (χ3n) is 2.79. The summed E-state index contributed by atoms with van der Waals surface area (Å²) < 4.78 is 1.86. The lowest BCUT2D eigenvalue weighted by molar-refractivity contribution is 0.499. The van der Waals surface area contributed by atoms with Gasteiger partial charge in [0.1, 0.15) is 0 Å². The number of nitrogens with one attached hydrogen (secondary N) is 1. The number of aryl methyl sites for hydroxylation is 1. The fourth-order valence-corrected chi connectivity index (χ4v) is 1.77. The Labute approximate surface area is 102 Å². The molecule has 1 aromatic heterocycles. The van der Waals surface area contributed by atoms with Crippen molar-refractivity contribution in [3.63, 3.8) is 0 Å². The minimum atomic E-state index is 0.395. The van der Waals surface area contributed by atoms with Crippen LogP contribution < -0.4 is 5.32 Å². The summed E-state index contributed by atoms with van der Waals surface area (Å²) in [6.45, 7) is 4.08. The van der Waals surface area contributed by atoms with Gasteiger partial charge in [0.25, 0.3) is 0 Å². The Morgan fingerprint density at radius 1 is 1.29 bits per heavy atom. The summed E-state index contributed by atoms with van der Waals surface area (Å²) in [5, 5.41) is 11.2. The van der Waals surface area contributed by atoms with Crippen molar-refractivity contribution in [1.29, 1.82) is 0 Å². The average molecular weight is 230 g/mol. The molecule has 0 bridgehead atoms. The fourth-order valence-electron chi connectivity index (χ4n) is 1.77. The van der Waals surface area contributed by atoms with Crippen molar-refractivity contribution in [2.24, 2.45) is 0 Å². The van der Waals surface area contributed by atoms with Gasteiger partial charge in [0.05, 0.1) is 6.20 Å². The molecule has 90 valence electrons. The highest BCUT2D eigenvalue weighted by molar-refractivity contribution is 5.17. The van der Waals surface area contributed by atoms with E-state index in [2.05, 4.69) is 46.8 Å². The zero-order valence-electron chi connectivity index (χ0n) is 10.1. The highest BCUT2D eigenvalue weighted by atomic mass is 15.4. The van der Waals surface area contributed by atoms with E-state index in [1.807, 2.05) is 16.9 Å². The molecule has 1 unspecified atom stereocenters. The van der Waals surface area contributed by atoms with Crippen LogP contribution in [0.25, 0.3) is 0 Å². The first-order chi connectivity index (χ1) is 8.36. The summed E-state index contributed by atoms with van der Waals surface area (Å²) in [6.07, 6.45) is 4.65. The Kier molecular flexibility index (Phi) is 4.27. The van der Waals surface area contributed by atoms with Gasteiger partial charge in [0.15, 0.2) is 0 Å². The Morgan fingerprint density at radius 2 is 2.12 bits per heavy atom. The molecule has 1 heterocycles. The van der Waals surface area contributed by atoms with Crippen LogP contribution in [0, 0.1) is 0 Å². The molecule has 0 aliphatic carbocycles. The van der Waals surface area contributed by atoms with Gasteiger partial charge in [0.2, 0.25) is 0 Å². The normalized spacial score (nSPS) is 12.5. The largest absolute Gasteiger partial charge is 0.310 e. The molecule has 0 saturated carbocycles.